The highest BCUT2D eigenvalue weighted by molar-refractivity contribution is 5.91. The predicted molar refractivity (Wildman–Crippen MR) is 88.6 cm³/mol. The second-order valence-corrected chi connectivity index (χ2v) is 6.04. The molecular formula is C17H22N4O2. The van der Waals surface area contributed by atoms with E-state index in [-0.39, 0.29) is 18.1 Å². The Bertz CT molecular complexity index is 656. The minimum atomic E-state index is -0.290. The molecule has 2 unspecified atom stereocenters. The summed E-state index contributed by atoms with van der Waals surface area (Å²) in [4.78, 5) is 14.1. The molecule has 0 aliphatic heterocycles. The lowest BCUT2D eigenvalue weighted by Crippen LogP contribution is -2.37. The Morgan fingerprint density at radius 2 is 2.22 bits per heavy atom. The van der Waals surface area contributed by atoms with E-state index in [1.165, 1.54) is 0 Å². The first-order valence-electron chi connectivity index (χ1n) is 7.94. The van der Waals surface area contributed by atoms with E-state index < -0.39 is 0 Å². The van der Waals surface area contributed by atoms with Gasteiger partial charge in [-0.1, -0.05) is 18.6 Å². The van der Waals surface area contributed by atoms with Gasteiger partial charge in [-0.05, 0) is 31.0 Å². The maximum atomic E-state index is 12.4. The summed E-state index contributed by atoms with van der Waals surface area (Å²) in [6.07, 6.45) is 6.09. The minimum absolute atomic E-state index is 0.173. The smallest absolute Gasteiger partial charge is 0.321 e. The Morgan fingerprint density at radius 3 is 2.91 bits per heavy atom. The number of para-hydroxylation sites is 2. The van der Waals surface area contributed by atoms with E-state index in [9.17, 15) is 9.90 Å². The van der Waals surface area contributed by atoms with Crippen LogP contribution in [0, 0.1) is 5.92 Å². The number of urea groups is 1. The maximum absolute atomic E-state index is 12.4. The molecule has 122 valence electrons. The molecule has 0 radical (unpaired) electrons. The predicted octanol–water partition coefficient (Wildman–Crippen LogP) is 2.50. The Hall–Kier alpha value is -2.34. The van der Waals surface area contributed by atoms with E-state index in [1.807, 2.05) is 36.5 Å². The van der Waals surface area contributed by atoms with Gasteiger partial charge in [0, 0.05) is 31.9 Å². The van der Waals surface area contributed by atoms with Crippen LogP contribution in [0.4, 0.5) is 10.5 Å². The van der Waals surface area contributed by atoms with Crippen LogP contribution in [-0.4, -0.2) is 45.5 Å². The van der Waals surface area contributed by atoms with Crippen LogP contribution in [0.2, 0.25) is 0 Å². The summed E-state index contributed by atoms with van der Waals surface area (Å²) < 4.78 is 1.72. The Kier molecular flexibility index (Phi) is 4.62. The van der Waals surface area contributed by atoms with Gasteiger partial charge in [0.15, 0.2) is 0 Å². The van der Waals surface area contributed by atoms with E-state index in [0.717, 1.165) is 24.9 Å². The summed E-state index contributed by atoms with van der Waals surface area (Å²) in [5.74, 6) is 0.173. The molecule has 3 rings (SSSR count). The van der Waals surface area contributed by atoms with Gasteiger partial charge < -0.3 is 15.3 Å². The number of aliphatic hydroxyl groups is 1. The largest absolute Gasteiger partial charge is 0.393 e. The number of hydrogen-bond donors (Lipinski definition) is 2. The number of hydrogen-bond acceptors (Lipinski definition) is 3. The second kappa shape index (κ2) is 6.83. The number of nitrogens with zero attached hydrogens (tertiary/aromatic N) is 3. The molecule has 1 aliphatic carbocycles. The number of amides is 2. The zero-order valence-corrected chi connectivity index (χ0v) is 13.2. The highest BCUT2D eigenvalue weighted by atomic mass is 16.3. The number of rotatable bonds is 4. The summed E-state index contributed by atoms with van der Waals surface area (Å²) in [7, 11) is 1.76. The molecule has 2 aromatic rings. The molecular weight excluding hydrogens is 292 g/mol. The van der Waals surface area contributed by atoms with Crippen molar-refractivity contribution in [2.75, 3.05) is 18.9 Å². The van der Waals surface area contributed by atoms with Gasteiger partial charge in [-0.3, -0.25) is 0 Å². The SMILES string of the molecule is CN(CC1CCCC1O)C(=O)Nc1ccccc1-n1cccn1. The first-order valence-corrected chi connectivity index (χ1v) is 7.94. The zero-order chi connectivity index (χ0) is 16.2. The van der Waals surface area contributed by atoms with E-state index in [0.29, 0.717) is 12.2 Å². The summed E-state index contributed by atoms with van der Waals surface area (Å²) >= 11 is 0. The van der Waals surface area contributed by atoms with E-state index in [1.54, 1.807) is 22.8 Å². The molecule has 1 aromatic carbocycles. The number of carbonyl (C=O) groups is 1. The number of carbonyl (C=O) groups excluding carboxylic acids is 1. The van der Waals surface area contributed by atoms with Gasteiger partial charge in [-0.15, -0.1) is 0 Å². The van der Waals surface area contributed by atoms with Crippen molar-refractivity contribution in [2.45, 2.75) is 25.4 Å². The zero-order valence-electron chi connectivity index (χ0n) is 13.2. The summed E-state index contributed by atoms with van der Waals surface area (Å²) in [5, 5.41) is 17.1. The van der Waals surface area contributed by atoms with Gasteiger partial charge in [0.05, 0.1) is 17.5 Å². The number of nitrogens with one attached hydrogen (secondary N) is 1. The molecule has 0 spiro atoms. The summed E-state index contributed by atoms with van der Waals surface area (Å²) in [5.41, 5.74) is 1.53. The lowest BCUT2D eigenvalue weighted by atomic mass is 10.1. The molecule has 0 bridgehead atoms. The van der Waals surface area contributed by atoms with E-state index >= 15 is 0 Å². The average Bonchev–Trinajstić information content (AvgIpc) is 3.20. The van der Waals surface area contributed by atoms with E-state index in [2.05, 4.69) is 10.4 Å². The standard InChI is InChI=1S/C17H22N4O2/c1-20(12-13-6-4-9-16(13)22)17(23)19-14-7-2-3-8-15(14)21-11-5-10-18-21/h2-3,5,7-8,10-11,13,16,22H,4,6,9,12H2,1H3,(H,19,23). The molecule has 1 heterocycles. The average molecular weight is 314 g/mol. The van der Waals surface area contributed by atoms with Gasteiger partial charge in [0.1, 0.15) is 0 Å². The number of anilines is 1. The van der Waals surface area contributed by atoms with Crippen LogP contribution in [0.5, 0.6) is 0 Å². The first kappa shape index (κ1) is 15.6. The third kappa shape index (κ3) is 3.53. The lowest BCUT2D eigenvalue weighted by molar-refractivity contribution is 0.116. The molecule has 1 fully saturated rings. The summed E-state index contributed by atoms with van der Waals surface area (Å²) in [6, 6.07) is 9.21. The normalized spacial score (nSPS) is 20.4. The van der Waals surface area contributed by atoms with Crippen LogP contribution >= 0.6 is 0 Å². The molecule has 2 atom stereocenters. The third-order valence-electron chi connectivity index (χ3n) is 4.37. The monoisotopic (exact) mass is 314 g/mol. The minimum Gasteiger partial charge on any atom is -0.393 e. The summed E-state index contributed by atoms with van der Waals surface area (Å²) in [6.45, 7) is 0.566. The van der Waals surface area contributed by atoms with Crippen molar-refractivity contribution in [3.8, 4) is 5.69 Å². The quantitative estimate of drug-likeness (QED) is 0.911. The van der Waals surface area contributed by atoms with Gasteiger partial charge in [-0.2, -0.15) is 5.10 Å². The fraction of sp³-hybridized carbons (Fsp3) is 0.412. The lowest BCUT2D eigenvalue weighted by Gasteiger charge is -2.24. The molecule has 6 nitrogen and oxygen atoms in total. The van der Waals surface area contributed by atoms with Crippen LogP contribution in [-0.2, 0) is 0 Å². The Labute approximate surface area is 135 Å². The Balaban J connectivity index is 1.68. The number of aromatic nitrogens is 2. The van der Waals surface area contributed by atoms with Gasteiger partial charge in [0.25, 0.3) is 0 Å². The fourth-order valence-electron chi connectivity index (χ4n) is 3.07. The second-order valence-electron chi connectivity index (χ2n) is 6.04. The van der Waals surface area contributed by atoms with Crippen molar-refractivity contribution < 1.29 is 9.90 Å². The van der Waals surface area contributed by atoms with Crippen molar-refractivity contribution in [1.82, 2.24) is 14.7 Å². The van der Waals surface area contributed by atoms with Crippen molar-refractivity contribution >= 4 is 11.7 Å². The molecule has 1 saturated carbocycles. The number of aliphatic hydroxyl groups excluding tert-OH is 1. The van der Waals surface area contributed by atoms with Crippen molar-refractivity contribution in [1.29, 1.82) is 0 Å². The Morgan fingerprint density at radius 1 is 1.39 bits per heavy atom. The molecule has 2 N–H and O–H groups in total. The number of benzene rings is 1. The third-order valence-corrected chi connectivity index (χ3v) is 4.37. The van der Waals surface area contributed by atoms with Gasteiger partial charge in [0.2, 0.25) is 0 Å². The van der Waals surface area contributed by atoms with Crippen LogP contribution in [0.1, 0.15) is 19.3 Å². The van der Waals surface area contributed by atoms with Crippen LogP contribution in [0.25, 0.3) is 5.69 Å². The highest BCUT2D eigenvalue weighted by Crippen LogP contribution is 2.26. The van der Waals surface area contributed by atoms with E-state index in [4.69, 9.17) is 0 Å². The maximum Gasteiger partial charge on any atom is 0.321 e. The van der Waals surface area contributed by atoms with Crippen molar-refractivity contribution in [2.24, 2.45) is 5.92 Å². The first-order chi connectivity index (χ1) is 11.1. The molecule has 1 aromatic heterocycles. The molecule has 23 heavy (non-hydrogen) atoms. The van der Waals surface area contributed by atoms with Gasteiger partial charge in [-0.25, -0.2) is 9.48 Å². The molecule has 0 saturated heterocycles. The van der Waals surface area contributed by atoms with Crippen LogP contribution < -0.4 is 5.32 Å². The van der Waals surface area contributed by atoms with Crippen molar-refractivity contribution in [3.63, 3.8) is 0 Å². The van der Waals surface area contributed by atoms with Crippen LogP contribution in [0.3, 0.4) is 0 Å². The topological polar surface area (TPSA) is 70.4 Å². The fourth-order valence-corrected chi connectivity index (χ4v) is 3.07. The molecule has 1 aliphatic rings. The van der Waals surface area contributed by atoms with Crippen molar-refractivity contribution in [3.05, 3.63) is 42.7 Å². The highest BCUT2D eigenvalue weighted by Gasteiger charge is 2.27. The molecule has 6 heteroatoms. The van der Waals surface area contributed by atoms with Crippen LogP contribution in [0.15, 0.2) is 42.7 Å². The van der Waals surface area contributed by atoms with Gasteiger partial charge >= 0.3 is 6.03 Å². The molecule has 2 amide bonds.